The molecule has 0 radical (unpaired) electrons. The van der Waals surface area contributed by atoms with Crippen LogP contribution in [0.2, 0.25) is 5.02 Å². The molecule has 1 aromatic heterocycles. The number of ether oxygens (including phenoxy) is 1. The molecule has 10 heteroatoms. The summed E-state index contributed by atoms with van der Waals surface area (Å²) < 4.78 is 5.10. The molecule has 0 aliphatic carbocycles. The third-order valence-corrected chi connectivity index (χ3v) is 4.36. The largest absolute Gasteiger partial charge is 0.497 e. The Labute approximate surface area is 175 Å². The van der Waals surface area contributed by atoms with Crippen molar-refractivity contribution in [3.63, 3.8) is 0 Å². The first-order chi connectivity index (χ1) is 14.4. The third kappa shape index (κ3) is 4.63. The van der Waals surface area contributed by atoms with Crippen LogP contribution in [0.25, 0.3) is 11.0 Å². The number of amides is 1. The molecule has 0 saturated heterocycles. The van der Waals surface area contributed by atoms with Crippen LogP contribution in [0.1, 0.15) is 23.8 Å². The van der Waals surface area contributed by atoms with Crippen LogP contribution in [0, 0.1) is 11.3 Å². The maximum atomic E-state index is 12.7. The van der Waals surface area contributed by atoms with Gasteiger partial charge in [-0.3, -0.25) is 9.59 Å². The van der Waals surface area contributed by atoms with Crippen molar-refractivity contribution >= 4 is 34.3 Å². The number of aromatic nitrogens is 2. The Morgan fingerprint density at radius 2 is 2.10 bits per heavy atom. The number of halogens is 1. The minimum absolute atomic E-state index is 0.189. The van der Waals surface area contributed by atoms with Crippen LogP contribution in [0.5, 0.6) is 5.75 Å². The van der Waals surface area contributed by atoms with E-state index in [-0.39, 0.29) is 11.4 Å². The van der Waals surface area contributed by atoms with E-state index in [4.69, 9.17) is 21.6 Å². The molecule has 30 heavy (non-hydrogen) atoms. The predicted molar refractivity (Wildman–Crippen MR) is 110 cm³/mol. The molecule has 1 heterocycles. The number of aromatic amines is 1. The quantitative estimate of drug-likeness (QED) is 0.407. The molecule has 3 aromatic rings. The molecule has 0 unspecified atom stereocenters. The van der Waals surface area contributed by atoms with E-state index < -0.39 is 24.0 Å². The zero-order valence-electron chi connectivity index (χ0n) is 15.7. The van der Waals surface area contributed by atoms with Crippen LogP contribution in [0.4, 0.5) is 0 Å². The maximum absolute atomic E-state index is 12.7. The number of hydrogen-bond acceptors (Lipinski definition) is 7. The highest BCUT2D eigenvalue weighted by molar-refractivity contribution is 6.31. The topological polar surface area (TPSA) is 140 Å². The van der Waals surface area contributed by atoms with Crippen molar-refractivity contribution in [1.82, 2.24) is 15.4 Å². The van der Waals surface area contributed by atoms with Crippen molar-refractivity contribution < 1.29 is 14.6 Å². The van der Waals surface area contributed by atoms with Gasteiger partial charge in [0, 0.05) is 5.02 Å². The summed E-state index contributed by atoms with van der Waals surface area (Å²) in [6, 6.07) is 12.9. The number of carbonyl (C=O) groups excluding carboxylic acids is 1. The fraction of sp³-hybridized carbons (Fsp3) is 0.150. The number of carbonyl (C=O) groups is 1. The number of aliphatic hydroxyl groups excluding tert-OH is 1. The van der Waals surface area contributed by atoms with E-state index in [1.165, 1.54) is 7.11 Å². The number of methoxy groups -OCH3 is 1. The van der Waals surface area contributed by atoms with E-state index in [1.807, 2.05) is 0 Å². The normalized spacial score (nSPS) is 12.3. The van der Waals surface area contributed by atoms with E-state index in [1.54, 1.807) is 48.5 Å². The minimum atomic E-state index is -1.39. The van der Waals surface area contributed by atoms with Gasteiger partial charge in [0.2, 0.25) is 0 Å². The van der Waals surface area contributed by atoms with E-state index in [9.17, 15) is 14.7 Å². The Kier molecular flexibility index (Phi) is 6.41. The Morgan fingerprint density at radius 1 is 1.37 bits per heavy atom. The molecule has 0 fully saturated rings. The predicted octanol–water partition coefficient (Wildman–Crippen LogP) is 2.05. The average Bonchev–Trinajstić information content (AvgIpc) is 2.74. The highest BCUT2D eigenvalue weighted by Gasteiger charge is 2.23. The number of hydrogen-bond donors (Lipinski definition) is 3. The Balaban J connectivity index is 2.10. The van der Waals surface area contributed by atoms with E-state index in [2.05, 4.69) is 20.5 Å². The van der Waals surface area contributed by atoms with Crippen molar-refractivity contribution in [2.24, 2.45) is 5.10 Å². The number of nitrogens with zero attached hydrogens (tertiary/aromatic N) is 3. The summed E-state index contributed by atoms with van der Waals surface area (Å²) in [5.74, 6) is -0.119. The van der Waals surface area contributed by atoms with Crippen LogP contribution in [-0.4, -0.2) is 33.8 Å². The summed E-state index contributed by atoms with van der Waals surface area (Å²) in [6.45, 7) is 0. The van der Waals surface area contributed by atoms with E-state index in [0.29, 0.717) is 27.4 Å². The van der Waals surface area contributed by atoms with Crippen molar-refractivity contribution in [1.29, 1.82) is 5.26 Å². The third-order valence-electron chi connectivity index (χ3n) is 4.13. The van der Waals surface area contributed by atoms with Crippen molar-refractivity contribution in [3.05, 3.63) is 69.1 Å². The smallest absolute Gasteiger partial charge is 0.276 e. The first-order valence-corrected chi connectivity index (χ1v) is 9.06. The molecule has 0 aliphatic heterocycles. The summed E-state index contributed by atoms with van der Waals surface area (Å²) in [4.78, 5) is 31.3. The first-order valence-electron chi connectivity index (χ1n) is 8.68. The Morgan fingerprint density at radius 3 is 2.77 bits per heavy atom. The summed E-state index contributed by atoms with van der Waals surface area (Å²) >= 11 is 5.95. The van der Waals surface area contributed by atoms with Crippen molar-refractivity contribution in [2.45, 2.75) is 12.5 Å². The monoisotopic (exact) mass is 425 g/mol. The SMILES string of the molecule is COc1ccc([C@H](O)/C(=N/NC(=O)CC#N)c2nc3ccc(Cl)cc3[nH]c2=O)cc1. The van der Waals surface area contributed by atoms with Crippen LogP contribution >= 0.6 is 11.6 Å². The standard InChI is InChI=1S/C20H16ClN5O4/c1-30-13-5-2-11(3-6-13)19(28)17(26-25-16(27)8-9-22)18-20(29)24-15-10-12(21)4-7-14(15)23-18/h2-7,10,19,28H,8H2,1H3,(H,24,29)(H,25,27)/b26-17+/t19-/m0/s1. The number of fused-ring (bicyclic) bond motifs is 1. The van der Waals surface area contributed by atoms with E-state index >= 15 is 0 Å². The molecule has 0 spiro atoms. The molecular weight excluding hydrogens is 410 g/mol. The highest BCUT2D eigenvalue weighted by atomic mass is 35.5. The van der Waals surface area contributed by atoms with Gasteiger partial charge in [-0.05, 0) is 35.9 Å². The Hall–Kier alpha value is -3.74. The molecule has 0 bridgehead atoms. The van der Waals surface area contributed by atoms with Gasteiger partial charge >= 0.3 is 0 Å². The van der Waals surface area contributed by atoms with Crippen LogP contribution in [0.15, 0.2) is 52.4 Å². The molecule has 0 aliphatic rings. The summed E-state index contributed by atoms with van der Waals surface area (Å²) in [5.41, 5.74) is 2.36. The number of nitriles is 1. The second-order valence-corrected chi connectivity index (χ2v) is 6.56. The molecule has 3 rings (SSSR count). The van der Waals surface area contributed by atoms with Gasteiger partial charge in [-0.1, -0.05) is 23.7 Å². The van der Waals surface area contributed by atoms with Gasteiger partial charge in [0.15, 0.2) is 5.69 Å². The minimum Gasteiger partial charge on any atom is -0.497 e. The average molecular weight is 426 g/mol. The fourth-order valence-corrected chi connectivity index (χ4v) is 2.83. The second kappa shape index (κ2) is 9.17. The molecule has 9 nitrogen and oxygen atoms in total. The lowest BCUT2D eigenvalue weighted by Gasteiger charge is -2.14. The lowest BCUT2D eigenvalue weighted by Crippen LogP contribution is -2.29. The maximum Gasteiger partial charge on any atom is 0.276 e. The molecule has 2 aromatic carbocycles. The van der Waals surface area contributed by atoms with Gasteiger partial charge in [0.1, 0.15) is 24.0 Å². The van der Waals surface area contributed by atoms with Crippen molar-refractivity contribution in [3.8, 4) is 11.8 Å². The van der Waals surface area contributed by atoms with Gasteiger partial charge in [-0.25, -0.2) is 10.4 Å². The van der Waals surface area contributed by atoms with Crippen LogP contribution in [-0.2, 0) is 4.79 Å². The Bertz CT molecular complexity index is 1210. The fourth-order valence-electron chi connectivity index (χ4n) is 2.65. The lowest BCUT2D eigenvalue weighted by molar-refractivity contribution is -0.120. The molecule has 3 N–H and O–H groups in total. The number of rotatable bonds is 6. The lowest BCUT2D eigenvalue weighted by atomic mass is 10.0. The van der Waals surface area contributed by atoms with Gasteiger partial charge in [0.25, 0.3) is 11.5 Å². The number of aliphatic hydroxyl groups is 1. The van der Waals surface area contributed by atoms with Gasteiger partial charge in [0.05, 0.1) is 24.2 Å². The molecule has 152 valence electrons. The second-order valence-electron chi connectivity index (χ2n) is 6.12. The van der Waals surface area contributed by atoms with Crippen molar-refractivity contribution in [2.75, 3.05) is 7.11 Å². The summed E-state index contributed by atoms with van der Waals surface area (Å²) in [5, 5.41) is 23.8. The van der Waals surface area contributed by atoms with E-state index in [0.717, 1.165) is 0 Å². The first kappa shape index (κ1) is 21.0. The number of H-pyrrole nitrogens is 1. The van der Waals surface area contributed by atoms with Crippen LogP contribution in [0.3, 0.4) is 0 Å². The summed E-state index contributed by atoms with van der Waals surface area (Å²) in [7, 11) is 1.51. The van der Waals surface area contributed by atoms with Gasteiger partial charge < -0.3 is 14.8 Å². The highest BCUT2D eigenvalue weighted by Crippen LogP contribution is 2.21. The molecule has 1 atom stereocenters. The molecule has 0 saturated carbocycles. The van der Waals surface area contributed by atoms with Gasteiger partial charge in [-0.2, -0.15) is 10.4 Å². The number of nitrogens with one attached hydrogen (secondary N) is 2. The zero-order chi connectivity index (χ0) is 21.7. The summed E-state index contributed by atoms with van der Waals surface area (Å²) in [6.07, 6.45) is -1.83. The van der Waals surface area contributed by atoms with Gasteiger partial charge in [-0.15, -0.1) is 0 Å². The molecule has 1 amide bonds. The zero-order valence-corrected chi connectivity index (χ0v) is 16.5. The molecular formula is C20H16ClN5O4. The number of hydrazone groups is 1. The number of benzene rings is 2. The van der Waals surface area contributed by atoms with Crippen LogP contribution < -0.4 is 15.7 Å².